The quantitative estimate of drug-likeness (QED) is 0.904. The molecule has 1 N–H and O–H groups in total. The maximum Gasteiger partial charge on any atom is 0.129 e. The number of benzene rings is 2. The molecule has 2 aromatic rings. The zero-order chi connectivity index (χ0) is 14.7. The van der Waals surface area contributed by atoms with Crippen molar-refractivity contribution in [3.63, 3.8) is 0 Å². The Hall–Kier alpha value is -2.34. The van der Waals surface area contributed by atoms with Crippen molar-refractivity contribution in [3.8, 4) is 6.07 Å². The number of anilines is 1. The molecule has 0 radical (unpaired) electrons. The molecule has 2 rings (SSSR count). The standard InChI is InChI=1S/C17H17FN2/c1-11-4-5-15(12(2)6-11)10-20-17-8-14(9-19)7-16(18)13(17)3/h4-8,20H,10H2,1-3H3. The minimum Gasteiger partial charge on any atom is -0.381 e. The highest BCUT2D eigenvalue weighted by Crippen LogP contribution is 2.21. The Labute approximate surface area is 118 Å². The summed E-state index contributed by atoms with van der Waals surface area (Å²) in [6.07, 6.45) is 0. The first-order chi connectivity index (χ1) is 9.51. The molecular formula is C17H17FN2. The molecular weight excluding hydrogens is 251 g/mol. The van der Waals surface area contributed by atoms with Gasteiger partial charge in [-0.1, -0.05) is 23.8 Å². The molecule has 0 amide bonds. The second kappa shape index (κ2) is 5.75. The monoisotopic (exact) mass is 268 g/mol. The molecule has 3 heteroatoms. The van der Waals surface area contributed by atoms with Gasteiger partial charge < -0.3 is 5.32 Å². The Kier molecular flexibility index (Phi) is 4.05. The van der Waals surface area contributed by atoms with E-state index in [2.05, 4.69) is 37.4 Å². The number of halogens is 1. The van der Waals surface area contributed by atoms with E-state index >= 15 is 0 Å². The van der Waals surface area contributed by atoms with Crippen molar-refractivity contribution in [3.05, 3.63) is 64.0 Å². The van der Waals surface area contributed by atoms with Crippen LogP contribution in [-0.4, -0.2) is 0 Å². The zero-order valence-electron chi connectivity index (χ0n) is 11.9. The molecule has 0 fully saturated rings. The van der Waals surface area contributed by atoms with Crippen molar-refractivity contribution in [1.82, 2.24) is 0 Å². The van der Waals surface area contributed by atoms with Gasteiger partial charge in [-0.15, -0.1) is 0 Å². The zero-order valence-corrected chi connectivity index (χ0v) is 11.9. The highest BCUT2D eigenvalue weighted by Gasteiger charge is 2.07. The molecule has 2 aromatic carbocycles. The van der Waals surface area contributed by atoms with E-state index in [1.54, 1.807) is 13.0 Å². The average Bonchev–Trinajstić information content (AvgIpc) is 2.41. The Morgan fingerprint density at radius 2 is 1.90 bits per heavy atom. The second-order valence-electron chi connectivity index (χ2n) is 5.03. The van der Waals surface area contributed by atoms with Gasteiger partial charge in [-0.2, -0.15) is 5.26 Å². The third-order valence-electron chi connectivity index (χ3n) is 3.44. The number of nitriles is 1. The van der Waals surface area contributed by atoms with Gasteiger partial charge in [0.05, 0.1) is 11.6 Å². The summed E-state index contributed by atoms with van der Waals surface area (Å²) in [5.41, 5.74) is 5.12. The lowest BCUT2D eigenvalue weighted by atomic mass is 10.1. The van der Waals surface area contributed by atoms with E-state index in [0.717, 1.165) is 5.56 Å². The first-order valence-electron chi connectivity index (χ1n) is 6.51. The molecule has 0 aromatic heterocycles. The number of aryl methyl sites for hydroxylation is 2. The van der Waals surface area contributed by atoms with Crippen LogP contribution < -0.4 is 5.32 Å². The van der Waals surface area contributed by atoms with Gasteiger partial charge >= 0.3 is 0 Å². The fraction of sp³-hybridized carbons (Fsp3) is 0.235. The lowest BCUT2D eigenvalue weighted by Gasteiger charge is -2.13. The lowest BCUT2D eigenvalue weighted by Crippen LogP contribution is -2.04. The van der Waals surface area contributed by atoms with Gasteiger partial charge in [0.2, 0.25) is 0 Å². The van der Waals surface area contributed by atoms with Crippen LogP contribution in [0.25, 0.3) is 0 Å². The fourth-order valence-corrected chi connectivity index (χ4v) is 2.16. The Morgan fingerprint density at radius 1 is 1.15 bits per heavy atom. The van der Waals surface area contributed by atoms with E-state index in [4.69, 9.17) is 5.26 Å². The Bertz CT molecular complexity index is 684. The van der Waals surface area contributed by atoms with Crippen molar-refractivity contribution in [1.29, 1.82) is 5.26 Å². The van der Waals surface area contributed by atoms with Gasteiger partial charge in [-0.05, 0) is 44.0 Å². The maximum atomic E-state index is 13.7. The Morgan fingerprint density at radius 3 is 2.55 bits per heavy atom. The minimum absolute atomic E-state index is 0.330. The summed E-state index contributed by atoms with van der Waals surface area (Å²) in [6.45, 7) is 6.44. The number of nitrogens with zero attached hydrogens (tertiary/aromatic N) is 1. The predicted molar refractivity (Wildman–Crippen MR) is 79.1 cm³/mol. The third kappa shape index (κ3) is 2.97. The summed E-state index contributed by atoms with van der Waals surface area (Å²) in [5, 5.41) is 12.1. The molecule has 2 nitrogen and oxygen atoms in total. The largest absolute Gasteiger partial charge is 0.381 e. The van der Waals surface area contributed by atoms with Gasteiger partial charge in [0.1, 0.15) is 5.82 Å². The van der Waals surface area contributed by atoms with Crippen molar-refractivity contribution in [2.75, 3.05) is 5.32 Å². The minimum atomic E-state index is -0.354. The molecule has 0 spiro atoms. The SMILES string of the molecule is Cc1ccc(CNc2cc(C#N)cc(F)c2C)c(C)c1. The molecule has 0 unspecified atom stereocenters. The van der Waals surface area contributed by atoms with Crippen molar-refractivity contribution < 1.29 is 4.39 Å². The summed E-state index contributed by atoms with van der Waals surface area (Å²) in [4.78, 5) is 0. The van der Waals surface area contributed by atoms with E-state index in [1.807, 2.05) is 6.07 Å². The van der Waals surface area contributed by atoms with Gasteiger partial charge in [0, 0.05) is 17.8 Å². The van der Waals surface area contributed by atoms with Crippen LogP contribution in [0.2, 0.25) is 0 Å². The van der Waals surface area contributed by atoms with Gasteiger partial charge in [0.15, 0.2) is 0 Å². The molecule has 0 aliphatic heterocycles. The fourth-order valence-electron chi connectivity index (χ4n) is 2.16. The molecule has 102 valence electrons. The average molecular weight is 268 g/mol. The van der Waals surface area contributed by atoms with Crippen LogP contribution in [0, 0.1) is 37.9 Å². The van der Waals surface area contributed by atoms with E-state index in [0.29, 0.717) is 23.4 Å². The van der Waals surface area contributed by atoms with Crippen LogP contribution in [0.3, 0.4) is 0 Å². The third-order valence-corrected chi connectivity index (χ3v) is 3.44. The molecule has 20 heavy (non-hydrogen) atoms. The summed E-state index contributed by atoms with van der Waals surface area (Å²) < 4.78 is 13.7. The summed E-state index contributed by atoms with van der Waals surface area (Å²) in [7, 11) is 0. The van der Waals surface area contributed by atoms with E-state index < -0.39 is 0 Å². The highest BCUT2D eigenvalue weighted by molar-refractivity contribution is 5.56. The summed E-state index contributed by atoms with van der Waals surface area (Å²) >= 11 is 0. The normalized spacial score (nSPS) is 10.2. The molecule has 0 aliphatic carbocycles. The van der Waals surface area contributed by atoms with Crippen LogP contribution in [0.1, 0.15) is 27.8 Å². The first kappa shape index (κ1) is 14.1. The van der Waals surface area contributed by atoms with Gasteiger partial charge in [-0.25, -0.2) is 4.39 Å². The summed E-state index contributed by atoms with van der Waals surface area (Å²) in [6, 6.07) is 11.2. The van der Waals surface area contributed by atoms with Crippen molar-refractivity contribution in [2.24, 2.45) is 0 Å². The molecule has 0 saturated carbocycles. The number of hydrogen-bond donors (Lipinski definition) is 1. The van der Waals surface area contributed by atoms with E-state index in [-0.39, 0.29) is 5.82 Å². The van der Waals surface area contributed by atoms with Crippen LogP contribution in [-0.2, 0) is 6.54 Å². The molecule has 0 atom stereocenters. The first-order valence-corrected chi connectivity index (χ1v) is 6.51. The van der Waals surface area contributed by atoms with Crippen molar-refractivity contribution in [2.45, 2.75) is 27.3 Å². The molecule has 0 bridgehead atoms. The van der Waals surface area contributed by atoms with Crippen LogP contribution in [0.5, 0.6) is 0 Å². The smallest absolute Gasteiger partial charge is 0.129 e. The van der Waals surface area contributed by atoms with E-state index in [9.17, 15) is 4.39 Å². The molecule has 0 saturated heterocycles. The highest BCUT2D eigenvalue weighted by atomic mass is 19.1. The van der Waals surface area contributed by atoms with Crippen LogP contribution in [0.4, 0.5) is 10.1 Å². The second-order valence-corrected chi connectivity index (χ2v) is 5.03. The van der Waals surface area contributed by atoms with Gasteiger partial charge in [-0.3, -0.25) is 0 Å². The van der Waals surface area contributed by atoms with E-state index in [1.165, 1.54) is 17.2 Å². The van der Waals surface area contributed by atoms with Gasteiger partial charge in [0.25, 0.3) is 0 Å². The Balaban J connectivity index is 2.23. The number of nitrogens with one attached hydrogen (secondary N) is 1. The molecule has 0 heterocycles. The number of rotatable bonds is 3. The lowest BCUT2D eigenvalue weighted by molar-refractivity contribution is 0.618. The predicted octanol–water partition coefficient (Wildman–Crippen LogP) is 4.23. The maximum absolute atomic E-state index is 13.7. The van der Waals surface area contributed by atoms with Crippen LogP contribution in [0.15, 0.2) is 30.3 Å². The molecule has 0 aliphatic rings. The van der Waals surface area contributed by atoms with Crippen molar-refractivity contribution >= 4 is 5.69 Å². The summed E-state index contributed by atoms with van der Waals surface area (Å²) in [5.74, 6) is -0.354. The topological polar surface area (TPSA) is 35.8 Å². The number of hydrogen-bond acceptors (Lipinski definition) is 2. The van der Waals surface area contributed by atoms with Crippen LogP contribution >= 0.6 is 0 Å².